The number of carbonyl (C=O) groups is 1. The summed E-state index contributed by atoms with van der Waals surface area (Å²) in [7, 11) is 0. The van der Waals surface area contributed by atoms with Crippen molar-refractivity contribution in [2.75, 3.05) is 19.7 Å². The highest BCUT2D eigenvalue weighted by Crippen LogP contribution is 2.26. The number of carbonyl (C=O) groups excluding carboxylic acids is 1. The lowest BCUT2D eigenvalue weighted by Crippen LogP contribution is -2.47. The number of nitrogens with zero attached hydrogens (tertiary/aromatic N) is 1. The molecular weight excluding hydrogens is 192 g/mol. The van der Waals surface area contributed by atoms with Crippen LogP contribution in [-0.4, -0.2) is 42.8 Å². The van der Waals surface area contributed by atoms with Crippen molar-refractivity contribution in [2.45, 2.75) is 38.8 Å². The Hall–Kier alpha value is -0.770. The first-order valence-electron chi connectivity index (χ1n) is 5.86. The van der Waals surface area contributed by atoms with Gasteiger partial charge in [-0.2, -0.15) is 0 Å². The molecule has 2 aliphatic rings. The number of ether oxygens (including phenoxy) is 1. The van der Waals surface area contributed by atoms with Crippen LogP contribution in [0.2, 0.25) is 0 Å². The topological polar surface area (TPSA) is 41.6 Å². The highest BCUT2D eigenvalue weighted by atomic mass is 16.6. The van der Waals surface area contributed by atoms with Crippen LogP contribution in [0, 0.1) is 5.92 Å². The van der Waals surface area contributed by atoms with E-state index in [0.717, 1.165) is 13.1 Å². The van der Waals surface area contributed by atoms with Crippen molar-refractivity contribution in [3.8, 4) is 0 Å². The summed E-state index contributed by atoms with van der Waals surface area (Å²) in [6.07, 6.45) is 2.28. The van der Waals surface area contributed by atoms with Gasteiger partial charge in [0, 0.05) is 12.6 Å². The van der Waals surface area contributed by atoms with Crippen LogP contribution in [0.15, 0.2) is 0 Å². The maximum absolute atomic E-state index is 11.6. The number of nitrogens with one attached hydrogen (secondary N) is 1. The van der Waals surface area contributed by atoms with Gasteiger partial charge in [-0.1, -0.05) is 0 Å². The minimum absolute atomic E-state index is 0.138. The number of hydrogen-bond donors (Lipinski definition) is 1. The van der Waals surface area contributed by atoms with E-state index in [-0.39, 0.29) is 18.2 Å². The van der Waals surface area contributed by atoms with Gasteiger partial charge in [-0.3, -0.25) is 4.90 Å². The molecule has 2 rings (SSSR count). The zero-order chi connectivity index (χ0) is 10.8. The molecular formula is C11H20N2O2. The summed E-state index contributed by atoms with van der Waals surface area (Å²) in [5.41, 5.74) is 0. The summed E-state index contributed by atoms with van der Waals surface area (Å²) in [5, 5.41) is 3.39. The van der Waals surface area contributed by atoms with Gasteiger partial charge < -0.3 is 10.1 Å². The third-order valence-corrected chi connectivity index (χ3v) is 3.38. The zero-order valence-corrected chi connectivity index (χ0v) is 9.53. The van der Waals surface area contributed by atoms with Crippen molar-refractivity contribution >= 4 is 6.09 Å². The van der Waals surface area contributed by atoms with Crippen molar-refractivity contribution < 1.29 is 9.53 Å². The Balaban J connectivity index is 2.03. The number of piperidine rings is 1. The Labute approximate surface area is 91.0 Å². The van der Waals surface area contributed by atoms with Crippen LogP contribution in [0.5, 0.6) is 0 Å². The number of rotatable bonds is 2. The van der Waals surface area contributed by atoms with Gasteiger partial charge in [0.15, 0.2) is 0 Å². The SMILES string of the molecule is CC(C)N1C(=O)OCC1C1CCCNC1. The second-order valence-corrected chi connectivity index (χ2v) is 4.75. The molecule has 0 aromatic carbocycles. The van der Waals surface area contributed by atoms with Gasteiger partial charge in [-0.25, -0.2) is 4.79 Å². The summed E-state index contributed by atoms with van der Waals surface area (Å²) >= 11 is 0. The first kappa shape index (κ1) is 10.7. The Bertz CT molecular complexity index is 237. The van der Waals surface area contributed by atoms with E-state index in [1.165, 1.54) is 12.8 Å². The molecule has 0 bridgehead atoms. The maximum atomic E-state index is 11.6. The molecule has 2 aliphatic heterocycles. The third-order valence-electron chi connectivity index (χ3n) is 3.38. The number of amides is 1. The van der Waals surface area contributed by atoms with E-state index in [1.807, 2.05) is 4.90 Å². The largest absolute Gasteiger partial charge is 0.447 e. The van der Waals surface area contributed by atoms with Crippen molar-refractivity contribution in [2.24, 2.45) is 5.92 Å². The van der Waals surface area contributed by atoms with Gasteiger partial charge in [0.25, 0.3) is 0 Å². The second-order valence-electron chi connectivity index (χ2n) is 4.75. The molecule has 0 aromatic heterocycles. The highest BCUT2D eigenvalue weighted by molar-refractivity contribution is 5.70. The predicted molar refractivity (Wildman–Crippen MR) is 57.7 cm³/mol. The first-order valence-corrected chi connectivity index (χ1v) is 5.86. The summed E-state index contributed by atoms with van der Waals surface area (Å²) in [4.78, 5) is 13.5. The van der Waals surface area contributed by atoms with Crippen molar-refractivity contribution in [3.05, 3.63) is 0 Å². The molecule has 4 nitrogen and oxygen atoms in total. The molecule has 15 heavy (non-hydrogen) atoms. The quantitative estimate of drug-likeness (QED) is 0.748. The lowest BCUT2D eigenvalue weighted by Gasteiger charge is -2.33. The molecule has 2 heterocycles. The zero-order valence-electron chi connectivity index (χ0n) is 9.53. The smallest absolute Gasteiger partial charge is 0.410 e. The second kappa shape index (κ2) is 4.39. The van der Waals surface area contributed by atoms with Crippen molar-refractivity contribution in [3.63, 3.8) is 0 Å². The van der Waals surface area contributed by atoms with Crippen molar-refractivity contribution in [1.82, 2.24) is 10.2 Å². The molecule has 0 aromatic rings. The molecule has 0 aliphatic carbocycles. The molecule has 0 radical (unpaired) electrons. The molecule has 0 spiro atoms. The van der Waals surface area contributed by atoms with Gasteiger partial charge in [-0.05, 0) is 39.2 Å². The Morgan fingerprint density at radius 3 is 2.93 bits per heavy atom. The molecule has 2 fully saturated rings. The molecule has 2 saturated heterocycles. The van der Waals surface area contributed by atoms with Crippen LogP contribution in [0.3, 0.4) is 0 Å². The average Bonchev–Trinajstić information content (AvgIpc) is 2.61. The minimum Gasteiger partial charge on any atom is -0.447 e. The fourth-order valence-corrected chi connectivity index (χ4v) is 2.61. The summed E-state index contributed by atoms with van der Waals surface area (Å²) in [6, 6.07) is 0.525. The fourth-order valence-electron chi connectivity index (χ4n) is 2.61. The summed E-state index contributed by atoms with van der Waals surface area (Å²) in [6.45, 7) is 6.80. The van der Waals surface area contributed by atoms with E-state index >= 15 is 0 Å². The van der Waals surface area contributed by atoms with Crippen LogP contribution < -0.4 is 5.32 Å². The van der Waals surface area contributed by atoms with Gasteiger partial charge in [-0.15, -0.1) is 0 Å². The van der Waals surface area contributed by atoms with Gasteiger partial charge >= 0.3 is 6.09 Å². The fraction of sp³-hybridized carbons (Fsp3) is 0.909. The molecule has 0 saturated carbocycles. The lowest BCUT2D eigenvalue weighted by molar-refractivity contribution is 0.140. The maximum Gasteiger partial charge on any atom is 0.410 e. The average molecular weight is 212 g/mol. The van der Waals surface area contributed by atoms with Crippen LogP contribution in [0.4, 0.5) is 4.79 Å². The standard InChI is InChI=1S/C11H20N2O2/c1-8(2)13-10(7-15-11(13)14)9-4-3-5-12-6-9/h8-10,12H,3-7H2,1-2H3. The van der Waals surface area contributed by atoms with Gasteiger partial charge in [0.05, 0.1) is 6.04 Å². The van der Waals surface area contributed by atoms with E-state index in [9.17, 15) is 4.79 Å². The van der Waals surface area contributed by atoms with Crippen LogP contribution in [0.1, 0.15) is 26.7 Å². The van der Waals surface area contributed by atoms with Crippen LogP contribution in [0.25, 0.3) is 0 Å². The molecule has 1 N–H and O–H groups in total. The van der Waals surface area contributed by atoms with E-state index < -0.39 is 0 Å². The van der Waals surface area contributed by atoms with E-state index in [2.05, 4.69) is 19.2 Å². The Kier molecular flexibility index (Phi) is 3.14. The normalized spacial score (nSPS) is 32.2. The molecule has 4 heteroatoms. The first-order chi connectivity index (χ1) is 7.20. The van der Waals surface area contributed by atoms with E-state index in [1.54, 1.807) is 0 Å². The van der Waals surface area contributed by atoms with Gasteiger partial charge in [0.2, 0.25) is 0 Å². The highest BCUT2D eigenvalue weighted by Gasteiger charge is 2.39. The van der Waals surface area contributed by atoms with Crippen LogP contribution in [-0.2, 0) is 4.74 Å². The minimum atomic E-state index is -0.138. The lowest BCUT2D eigenvalue weighted by atomic mass is 9.91. The molecule has 2 atom stereocenters. The Morgan fingerprint density at radius 2 is 2.33 bits per heavy atom. The van der Waals surface area contributed by atoms with Crippen LogP contribution >= 0.6 is 0 Å². The predicted octanol–water partition coefficient (Wildman–Crippen LogP) is 1.22. The molecule has 1 amide bonds. The van der Waals surface area contributed by atoms with Gasteiger partial charge in [0.1, 0.15) is 6.61 Å². The Morgan fingerprint density at radius 1 is 1.53 bits per heavy atom. The molecule has 2 unspecified atom stereocenters. The number of cyclic esters (lactones) is 1. The van der Waals surface area contributed by atoms with E-state index in [0.29, 0.717) is 12.5 Å². The van der Waals surface area contributed by atoms with E-state index in [4.69, 9.17) is 4.74 Å². The summed E-state index contributed by atoms with van der Waals surface area (Å²) in [5.74, 6) is 0.563. The molecule has 86 valence electrons. The van der Waals surface area contributed by atoms with Crippen molar-refractivity contribution in [1.29, 1.82) is 0 Å². The summed E-state index contributed by atoms with van der Waals surface area (Å²) < 4.78 is 5.15. The number of hydrogen-bond acceptors (Lipinski definition) is 3. The third kappa shape index (κ3) is 2.09. The monoisotopic (exact) mass is 212 g/mol.